The number of amides is 1. The molecule has 1 aliphatic heterocycles. The lowest BCUT2D eigenvalue weighted by Crippen LogP contribution is -2.50. The van der Waals surface area contributed by atoms with Crippen LogP contribution in [0.2, 0.25) is 0 Å². The number of hydrogen-bond donors (Lipinski definition) is 0. The van der Waals surface area contributed by atoms with Gasteiger partial charge in [0, 0.05) is 25.6 Å². The van der Waals surface area contributed by atoms with E-state index >= 15 is 0 Å². The first-order chi connectivity index (χ1) is 10.3. The van der Waals surface area contributed by atoms with Crippen molar-refractivity contribution in [1.29, 1.82) is 0 Å². The molecule has 2 aliphatic rings. The molecule has 1 amide bonds. The van der Waals surface area contributed by atoms with Gasteiger partial charge in [0.25, 0.3) is 0 Å². The fourth-order valence-electron chi connectivity index (χ4n) is 3.72. The summed E-state index contributed by atoms with van der Waals surface area (Å²) in [7, 11) is 2.17. The maximum absolute atomic E-state index is 12.7. The molecule has 114 valence electrons. The normalized spacial score (nSPS) is 25.0. The van der Waals surface area contributed by atoms with Crippen LogP contribution in [0.15, 0.2) is 30.3 Å². The van der Waals surface area contributed by atoms with E-state index in [0.29, 0.717) is 17.9 Å². The summed E-state index contributed by atoms with van der Waals surface area (Å²) in [5.41, 5.74) is 1.32. The van der Waals surface area contributed by atoms with Crippen LogP contribution in [-0.4, -0.2) is 42.4 Å². The molecule has 3 nitrogen and oxygen atoms in total. The molecule has 1 saturated carbocycles. The van der Waals surface area contributed by atoms with Crippen molar-refractivity contribution in [3.8, 4) is 0 Å². The van der Waals surface area contributed by atoms with E-state index in [9.17, 15) is 4.79 Å². The molecule has 0 N–H and O–H groups in total. The van der Waals surface area contributed by atoms with Crippen molar-refractivity contribution in [1.82, 2.24) is 9.80 Å². The van der Waals surface area contributed by atoms with Crippen molar-refractivity contribution >= 4 is 5.91 Å². The van der Waals surface area contributed by atoms with Gasteiger partial charge in [0.15, 0.2) is 0 Å². The molecule has 1 aromatic rings. The molecule has 1 aromatic carbocycles. The van der Waals surface area contributed by atoms with Crippen molar-refractivity contribution in [3.63, 3.8) is 0 Å². The van der Waals surface area contributed by atoms with Gasteiger partial charge in [-0.15, -0.1) is 0 Å². The standard InChI is InChI=1S/C18H26N2O/c1-19-12-13-20(18(21)16-10-6-3-7-11-16)14-17(19)15-8-4-2-5-9-15/h2,4-5,8-9,16-17H,3,6-7,10-14H2,1H3. The Bertz CT molecular complexity index is 467. The van der Waals surface area contributed by atoms with Gasteiger partial charge in [0.2, 0.25) is 5.91 Å². The Morgan fingerprint density at radius 1 is 1.05 bits per heavy atom. The topological polar surface area (TPSA) is 23.6 Å². The maximum atomic E-state index is 12.7. The zero-order chi connectivity index (χ0) is 14.7. The van der Waals surface area contributed by atoms with Crippen LogP contribution in [0.25, 0.3) is 0 Å². The lowest BCUT2D eigenvalue weighted by Gasteiger charge is -2.41. The molecule has 0 spiro atoms. The van der Waals surface area contributed by atoms with Gasteiger partial charge in [-0.3, -0.25) is 9.69 Å². The summed E-state index contributed by atoms with van der Waals surface area (Å²) in [5.74, 6) is 0.697. The SMILES string of the molecule is CN1CCN(C(=O)C2CCCCC2)CC1c1ccccc1. The van der Waals surface area contributed by atoms with Gasteiger partial charge < -0.3 is 4.90 Å². The van der Waals surface area contributed by atoms with E-state index in [-0.39, 0.29) is 0 Å². The third-order valence-electron chi connectivity index (χ3n) is 5.10. The van der Waals surface area contributed by atoms with Crippen LogP contribution in [0.5, 0.6) is 0 Å². The number of carbonyl (C=O) groups excluding carboxylic acids is 1. The fraction of sp³-hybridized carbons (Fsp3) is 0.611. The summed E-state index contributed by atoms with van der Waals surface area (Å²) >= 11 is 0. The molecule has 0 aromatic heterocycles. The second-order valence-corrected chi connectivity index (χ2v) is 6.53. The van der Waals surface area contributed by atoms with Crippen molar-refractivity contribution in [2.24, 2.45) is 5.92 Å². The van der Waals surface area contributed by atoms with Gasteiger partial charge in [-0.05, 0) is 25.5 Å². The lowest BCUT2D eigenvalue weighted by molar-refractivity contribution is -0.139. The largest absolute Gasteiger partial charge is 0.339 e. The highest BCUT2D eigenvalue weighted by Gasteiger charge is 2.32. The van der Waals surface area contributed by atoms with Crippen LogP contribution in [0.3, 0.4) is 0 Å². The van der Waals surface area contributed by atoms with E-state index in [1.807, 2.05) is 0 Å². The number of hydrogen-bond acceptors (Lipinski definition) is 2. The molecule has 1 aliphatic carbocycles. The quantitative estimate of drug-likeness (QED) is 0.834. The van der Waals surface area contributed by atoms with E-state index in [1.165, 1.54) is 24.8 Å². The number of benzene rings is 1. The van der Waals surface area contributed by atoms with Crippen molar-refractivity contribution in [2.75, 3.05) is 26.7 Å². The van der Waals surface area contributed by atoms with Gasteiger partial charge in [-0.2, -0.15) is 0 Å². The van der Waals surface area contributed by atoms with Gasteiger partial charge in [-0.1, -0.05) is 49.6 Å². The Morgan fingerprint density at radius 3 is 2.48 bits per heavy atom. The van der Waals surface area contributed by atoms with Crippen LogP contribution in [0.4, 0.5) is 0 Å². The Hall–Kier alpha value is -1.35. The van der Waals surface area contributed by atoms with Crippen molar-refractivity contribution in [3.05, 3.63) is 35.9 Å². The van der Waals surface area contributed by atoms with Crippen LogP contribution in [0.1, 0.15) is 43.7 Å². The smallest absolute Gasteiger partial charge is 0.225 e. The molecular weight excluding hydrogens is 260 g/mol. The summed E-state index contributed by atoms with van der Waals surface area (Å²) in [6.07, 6.45) is 5.96. The van der Waals surface area contributed by atoms with E-state index in [4.69, 9.17) is 0 Å². The third kappa shape index (κ3) is 3.29. The Kier molecular flexibility index (Phi) is 4.59. The van der Waals surface area contributed by atoms with Crippen molar-refractivity contribution in [2.45, 2.75) is 38.1 Å². The van der Waals surface area contributed by atoms with Crippen LogP contribution in [0, 0.1) is 5.92 Å². The highest BCUT2D eigenvalue weighted by molar-refractivity contribution is 5.79. The molecule has 3 rings (SSSR count). The zero-order valence-corrected chi connectivity index (χ0v) is 13.0. The minimum Gasteiger partial charge on any atom is -0.339 e. The number of nitrogens with zero attached hydrogens (tertiary/aromatic N) is 2. The summed E-state index contributed by atoms with van der Waals surface area (Å²) in [4.78, 5) is 17.2. The van der Waals surface area contributed by atoms with E-state index in [2.05, 4.69) is 47.2 Å². The van der Waals surface area contributed by atoms with E-state index in [1.54, 1.807) is 0 Å². The Balaban J connectivity index is 1.69. The average Bonchev–Trinajstić information content (AvgIpc) is 2.56. The molecule has 0 bridgehead atoms. The predicted molar refractivity (Wildman–Crippen MR) is 85.0 cm³/mol. The number of carbonyl (C=O) groups is 1. The van der Waals surface area contributed by atoms with Gasteiger partial charge in [0.1, 0.15) is 0 Å². The zero-order valence-electron chi connectivity index (χ0n) is 13.0. The first-order valence-corrected chi connectivity index (χ1v) is 8.29. The Labute approximate surface area is 127 Å². The number of rotatable bonds is 2. The molecule has 0 radical (unpaired) electrons. The molecule has 1 atom stereocenters. The van der Waals surface area contributed by atoms with E-state index in [0.717, 1.165) is 32.5 Å². The first kappa shape index (κ1) is 14.6. The lowest BCUT2D eigenvalue weighted by atomic mass is 9.88. The first-order valence-electron chi connectivity index (χ1n) is 8.29. The van der Waals surface area contributed by atoms with Gasteiger partial charge >= 0.3 is 0 Å². The maximum Gasteiger partial charge on any atom is 0.225 e. The summed E-state index contributed by atoms with van der Waals surface area (Å²) in [5, 5.41) is 0. The Morgan fingerprint density at radius 2 is 1.76 bits per heavy atom. The number of likely N-dealkylation sites (N-methyl/N-ethyl adjacent to an activating group) is 1. The third-order valence-corrected chi connectivity index (χ3v) is 5.10. The predicted octanol–water partition coefficient (Wildman–Crippen LogP) is 3.08. The van der Waals surface area contributed by atoms with Crippen LogP contribution in [-0.2, 0) is 4.79 Å². The highest BCUT2D eigenvalue weighted by Crippen LogP contribution is 2.29. The molecule has 1 unspecified atom stereocenters. The van der Waals surface area contributed by atoms with Crippen molar-refractivity contribution < 1.29 is 4.79 Å². The summed E-state index contributed by atoms with van der Waals surface area (Å²) in [6.45, 7) is 2.70. The molecule has 3 heteroatoms. The molecule has 1 saturated heterocycles. The average molecular weight is 286 g/mol. The second kappa shape index (κ2) is 6.61. The summed E-state index contributed by atoms with van der Waals surface area (Å²) in [6, 6.07) is 10.9. The van der Waals surface area contributed by atoms with Crippen LogP contribution < -0.4 is 0 Å². The minimum absolute atomic E-state index is 0.290. The fourth-order valence-corrected chi connectivity index (χ4v) is 3.72. The summed E-state index contributed by atoms with van der Waals surface area (Å²) < 4.78 is 0. The van der Waals surface area contributed by atoms with E-state index < -0.39 is 0 Å². The molecular formula is C18H26N2O. The minimum atomic E-state index is 0.290. The molecule has 1 heterocycles. The van der Waals surface area contributed by atoms with Gasteiger partial charge in [0.05, 0.1) is 6.04 Å². The molecule has 21 heavy (non-hydrogen) atoms. The highest BCUT2D eigenvalue weighted by atomic mass is 16.2. The monoisotopic (exact) mass is 286 g/mol. The van der Waals surface area contributed by atoms with Crippen LogP contribution >= 0.6 is 0 Å². The molecule has 2 fully saturated rings. The second-order valence-electron chi connectivity index (χ2n) is 6.53. The van der Waals surface area contributed by atoms with Gasteiger partial charge in [-0.25, -0.2) is 0 Å². The number of piperazine rings is 1.